The Kier molecular flexibility index (Phi) is 5.72. The molecule has 0 aromatic heterocycles. The molecule has 0 fully saturated rings. The zero-order valence-electron chi connectivity index (χ0n) is 16.3. The van der Waals surface area contributed by atoms with Gasteiger partial charge in [-0.3, -0.25) is 9.59 Å². The maximum absolute atomic E-state index is 13.0. The molecule has 1 amide bonds. The van der Waals surface area contributed by atoms with Gasteiger partial charge in [-0.05, 0) is 23.3 Å². The van der Waals surface area contributed by atoms with Gasteiger partial charge in [-0.2, -0.15) is 0 Å². The molecular formula is C21H21NO7. The first-order valence-electron chi connectivity index (χ1n) is 8.86. The number of hydrogen-bond donors (Lipinski definition) is 1. The van der Waals surface area contributed by atoms with Gasteiger partial charge in [-0.25, -0.2) is 4.79 Å². The van der Waals surface area contributed by atoms with Crippen LogP contribution in [0.5, 0.6) is 17.2 Å². The third-order valence-electron chi connectivity index (χ3n) is 4.92. The van der Waals surface area contributed by atoms with Crippen LogP contribution in [0.15, 0.2) is 36.4 Å². The second kappa shape index (κ2) is 8.22. The number of hydrogen-bond acceptors (Lipinski definition) is 6. The lowest BCUT2D eigenvalue weighted by Crippen LogP contribution is -2.50. The topological polar surface area (TPSA) is 102 Å². The van der Waals surface area contributed by atoms with E-state index >= 15 is 0 Å². The molecule has 0 saturated carbocycles. The van der Waals surface area contributed by atoms with Crippen LogP contribution in [0.2, 0.25) is 0 Å². The molecule has 2 aromatic carbocycles. The molecule has 8 nitrogen and oxygen atoms in total. The summed E-state index contributed by atoms with van der Waals surface area (Å²) in [5.41, 5.74) is 1.69. The van der Waals surface area contributed by atoms with Crippen molar-refractivity contribution in [3.8, 4) is 17.2 Å². The Morgan fingerprint density at radius 3 is 2.07 bits per heavy atom. The number of methoxy groups -OCH3 is 3. The van der Waals surface area contributed by atoms with E-state index < -0.39 is 23.7 Å². The van der Waals surface area contributed by atoms with Crippen molar-refractivity contribution in [2.24, 2.45) is 0 Å². The Morgan fingerprint density at radius 2 is 1.55 bits per heavy atom. The summed E-state index contributed by atoms with van der Waals surface area (Å²) in [5.74, 6) is -2.18. The van der Waals surface area contributed by atoms with E-state index in [9.17, 15) is 19.5 Å². The first-order valence-corrected chi connectivity index (χ1v) is 8.86. The van der Waals surface area contributed by atoms with Crippen LogP contribution in [-0.2, 0) is 22.6 Å². The first-order chi connectivity index (χ1) is 13.9. The maximum atomic E-state index is 13.0. The molecule has 1 unspecified atom stereocenters. The molecule has 1 aliphatic rings. The van der Waals surface area contributed by atoms with E-state index in [0.717, 1.165) is 16.0 Å². The van der Waals surface area contributed by atoms with Crippen molar-refractivity contribution < 1.29 is 33.7 Å². The molecule has 1 atom stereocenters. The lowest BCUT2D eigenvalue weighted by atomic mass is 9.93. The average molecular weight is 399 g/mol. The molecule has 29 heavy (non-hydrogen) atoms. The molecule has 0 saturated heterocycles. The van der Waals surface area contributed by atoms with E-state index in [1.165, 1.54) is 33.5 Å². The number of carbonyl (C=O) groups excluding carboxylic acids is 2. The Morgan fingerprint density at radius 1 is 0.966 bits per heavy atom. The number of aliphatic carboxylic acids is 1. The van der Waals surface area contributed by atoms with Gasteiger partial charge in [0.05, 0.1) is 21.3 Å². The summed E-state index contributed by atoms with van der Waals surface area (Å²) < 4.78 is 15.7. The van der Waals surface area contributed by atoms with Gasteiger partial charge >= 0.3 is 5.97 Å². The normalized spacial score (nSPS) is 15.3. The number of nitrogens with zero attached hydrogens (tertiary/aromatic N) is 1. The summed E-state index contributed by atoms with van der Waals surface area (Å²) in [6.07, 6.45) is 0.139. The fourth-order valence-corrected chi connectivity index (χ4v) is 3.42. The largest absolute Gasteiger partial charge is 0.493 e. The number of carbonyl (C=O) groups is 3. The van der Waals surface area contributed by atoms with Crippen LogP contribution in [0, 0.1) is 0 Å². The standard InChI is InChI=1S/C21H21NO7/c1-27-16-9-14(10-17(28-2)19(16)29-3)18(23)20(24)22-11-13-7-5-4-6-12(13)8-15(22)21(25)26/h4-7,9-10,15H,8,11H2,1-3H3,(H,25,26). The van der Waals surface area contributed by atoms with Crippen LogP contribution < -0.4 is 14.2 Å². The highest BCUT2D eigenvalue weighted by atomic mass is 16.5. The lowest BCUT2D eigenvalue weighted by molar-refractivity contribution is -0.149. The number of carboxylic acid groups (broad SMARTS) is 1. The second-order valence-electron chi connectivity index (χ2n) is 6.50. The van der Waals surface area contributed by atoms with Gasteiger partial charge in [-0.15, -0.1) is 0 Å². The third-order valence-corrected chi connectivity index (χ3v) is 4.92. The number of ether oxygens (including phenoxy) is 3. The fourth-order valence-electron chi connectivity index (χ4n) is 3.42. The average Bonchev–Trinajstić information content (AvgIpc) is 2.75. The van der Waals surface area contributed by atoms with Crippen LogP contribution in [0.1, 0.15) is 21.5 Å². The molecule has 1 N–H and O–H groups in total. The van der Waals surface area contributed by atoms with Gasteiger partial charge in [0, 0.05) is 18.5 Å². The summed E-state index contributed by atoms with van der Waals surface area (Å²) in [6.45, 7) is 0.0438. The number of Topliss-reactive ketones (excluding diaryl/α,β-unsaturated/α-hetero) is 1. The number of carboxylic acids is 1. The van der Waals surface area contributed by atoms with E-state index in [0.29, 0.717) is 0 Å². The van der Waals surface area contributed by atoms with E-state index in [2.05, 4.69) is 0 Å². The van der Waals surface area contributed by atoms with Crippen molar-refractivity contribution in [1.82, 2.24) is 4.90 Å². The molecule has 3 rings (SSSR count). The summed E-state index contributed by atoms with van der Waals surface area (Å²) >= 11 is 0. The lowest BCUT2D eigenvalue weighted by Gasteiger charge is -2.34. The smallest absolute Gasteiger partial charge is 0.326 e. The second-order valence-corrected chi connectivity index (χ2v) is 6.50. The van der Waals surface area contributed by atoms with Gasteiger partial charge in [0.25, 0.3) is 11.7 Å². The SMILES string of the molecule is COc1cc(C(=O)C(=O)N2Cc3ccccc3CC2C(=O)O)cc(OC)c1OC. The Labute approximate surface area is 167 Å². The zero-order valence-corrected chi connectivity index (χ0v) is 16.3. The van der Waals surface area contributed by atoms with Crippen molar-refractivity contribution in [1.29, 1.82) is 0 Å². The predicted octanol–water partition coefficient (Wildman–Crippen LogP) is 1.93. The van der Waals surface area contributed by atoms with Crippen molar-refractivity contribution in [2.75, 3.05) is 21.3 Å². The highest BCUT2D eigenvalue weighted by molar-refractivity contribution is 6.43. The summed E-state index contributed by atoms with van der Waals surface area (Å²) in [7, 11) is 4.22. The molecule has 2 aromatic rings. The molecule has 152 valence electrons. The van der Waals surface area contributed by atoms with E-state index in [1.807, 2.05) is 24.3 Å². The van der Waals surface area contributed by atoms with Gasteiger partial charge in [-0.1, -0.05) is 24.3 Å². The van der Waals surface area contributed by atoms with Crippen molar-refractivity contribution in [2.45, 2.75) is 19.0 Å². The molecule has 8 heteroatoms. The van der Waals surface area contributed by atoms with E-state index in [-0.39, 0.29) is 35.8 Å². The molecule has 0 radical (unpaired) electrons. The van der Waals surface area contributed by atoms with Gasteiger partial charge in [0.15, 0.2) is 11.5 Å². The summed E-state index contributed by atoms with van der Waals surface area (Å²) in [6, 6.07) is 8.89. The molecule has 1 heterocycles. The van der Waals surface area contributed by atoms with Crippen LogP contribution in [-0.4, -0.2) is 55.0 Å². The minimum absolute atomic E-state index is 0.0208. The zero-order chi connectivity index (χ0) is 21.1. The number of amides is 1. The van der Waals surface area contributed by atoms with Gasteiger partial charge in [0.2, 0.25) is 5.75 Å². The van der Waals surface area contributed by atoms with Gasteiger partial charge in [0.1, 0.15) is 6.04 Å². The Bertz CT molecular complexity index is 944. The Hall–Kier alpha value is -3.55. The van der Waals surface area contributed by atoms with Crippen LogP contribution in [0.4, 0.5) is 0 Å². The van der Waals surface area contributed by atoms with E-state index in [4.69, 9.17) is 14.2 Å². The van der Waals surface area contributed by atoms with Crippen LogP contribution >= 0.6 is 0 Å². The third kappa shape index (κ3) is 3.73. The fraction of sp³-hybridized carbons (Fsp3) is 0.286. The quantitative estimate of drug-likeness (QED) is 0.585. The maximum Gasteiger partial charge on any atom is 0.326 e. The Balaban J connectivity index is 1.97. The minimum atomic E-state index is -1.16. The first kappa shape index (κ1) is 20.2. The summed E-state index contributed by atoms with van der Waals surface area (Å²) in [5, 5.41) is 9.61. The highest BCUT2D eigenvalue weighted by Gasteiger charge is 2.37. The summed E-state index contributed by atoms with van der Waals surface area (Å²) in [4.78, 5) is 38.8. The number of ketones is 1. The van der Waals surface area contributed by atoms with Crippen molar-refractivity contribution in [3.05, 3.63) is 53.1 Å². The van der Waals surface area contributed by atoms with Crippen molar-refractivity contribution >= 4 is 17.7 Å². The molecule has 0 bridgehead atoms. The monoisotopic (exact) mass is 399 g/mol. The van der Waals surface area contributed by atoms with Crippen molar-refractivity contribution in [3.63, 3.8) is 0 Å². The highest BCUT2D eigenvalue weighted by Crippen LogP contribution is 2.38. The number of benzene rings is 2. The number of fused-ring (bicyclic) bond motifs is 1. The van der Waals surface area contributed by atoms with E-state index in [1.54, 1.807) is 0 Å². The minimum Gasteiger partial charge on any atom is -0.493 e. The molecule has 1 aliphatic heterocycles. The van der Waals surface area contributed by atoms with Crippen LogP contribution in [0.25, 0.3) is 0 Å². The van der Waals surface area contributed by atoms with Gasteiger partial charge < -0.3 is 24.2 Å². The molecule has 0 spiro atoms. The predicted molar refractivity (Wildman–Crippen MR) is 103 cm³/mol. The molecular weight excluding hydrogens is 378 g/mol. The van der Waals surface area contributed by atoms with Crippen LogP contribution in [0.3, 0.4) is 0 Å². The number of rotatable bonds is 6. The molecule has 0 aliphatic carbocycles.